The lowest BCUT2D eigenvalue weighted by atomic mass is 10.0. The minimum atomic E-state index is 0.744. The smallest absolute Gasteiger partial charge is 0.100 e. The van der Waals surface area contributed by atoms with Gasteiger partial charge in [0.2, 0.25) is 0 Å². The fourth-order valence-electron chi connectivity index (χ4n) is 2.27. The van der Waals surface area contributed by atoms with Crippen molar-refractivity contribution in [3.8, 4) is 28.3 Å². The summed E-state index contributed by atoms with van der Waals surface area (Å²) < 4.78 is 1.04. The second-order valence-electron chi connectivity index (χ2n) is 4.33. The highest BCUT2D eigenvalue weighted by molar-refractivity contribution is 9.10. The monoisotopic (exact) mass is 307 g/mol. The van der Waals surface area contributed by atoms with Gasteiger partial charge in [-0.15, -0.1) is 0 Å². The van der Waals surface area contributed by atoms with Gasteiger partial charge in [-0.2, -0.15) is 5.26 Å². The second kappa shape index (κ2) is 4.87. The highest BCUT2D eigenvalue weighted by Crippen LogP contribution is 2.37. The maximum absolute atomic E-state index is 9.44. The zero-order valence-electron chi connectivity index (χ0n) is 10.1. The molecule has 0 fully saturated rings. The molecule has 1 nitrogen and oxygen atoms in total. The van der Waals surface area contributed by atoms with E-state index in [1.54, 1.807) is 0 Å². The molecule has 1 aromatic rings. The van der Waals surface area contributed by atoms with Crippen LogP contribution in [0.1, 0.15) is 5.56 Å². The summed E-state index contributed by atoms with van der Waals surface area (Å²) in [5, 5.41) is 9.44. The van der Waals surface area contributed by atoms with Crippen LogP contribution in [-0.4, -0.2) is 0 Å². The van der Waals surface area contributed by atoms with E-state index >= 15 is 0 Å². The topological polar surface area (TPSA) is 23.8 Å². The molecule has 1 aromatic carbocycles. The first-order valence-electron chi connectivity index (χ1n) is 5.97. The van der Waals surface area contributed by atoms with E-state index in [0.29, 0.717) is 0 Å². The third-order valence-corrected chi connectivity index (χ3v) is 3.71. The maximum atomic E-state index is 9.44. The van der Waals surface area contributed by atoms with Crippen molar-refractivity contribution in [3.63, 3.8) is 0 Å². The second-order valence-corrected chi connectivity index (χ2v) is 5.25. The van der Waals surface area contributed by atoms with Crippen LogP contribution in [-0.2, 0) is 0 Å². The number of halogens is 1. The first-order chi connectivity index (χ1) is 9.29. The van der Waals surface area contributed by atoms with Crippen molar-refractivity contribution >= 4 is 15.9 Å². The molecule has 0 bridgehead atoms. The van der Waals surface area contributed by atoms with Gasteiger partial charge in [0.05, 0.1) is 5.56 Å². The van der Waals surface area contributed by atoms with E-state index in [1.807, 2.05) is 54.6 Å². The van der Waals surface area contributed by atoms with Crippen molar-refractivity contribution in [2.45, 2.75) is 0 Å². The number of fused-ring (bicyclic) bond motifs is 1. The van der Waals surface area contributed by atoms with Gasteiger partial charge in [0.1, 0.15) is 6.07 Å². The van der Waals surface area contributed by atoms with Gasteiger partial charge >= 0.3 is 0 Å². The lowest BCUT2D eigenvalue weighted by Gasteiger charge is -1.99. The molecule has 0 heterocycles. The number of nitriles is 1. The van der Waals surface area contributed by atoms with Gasteiger partial charge in [-0.3, -0.25) is 0 Å². The van der Waals surface area contributed by atoms with Gasteiger partial charge in [-0.05, 0) is 29.3 Å². The van der Waals surface area contributed by atoms with Crippen molar-refractivity contribution in [3.05, 3.63) is 70.7 Å². The highest BCUT2D eigenvalue weighted by Gasteiger charge is 2.15. The van der Waals surface area contributed by atoms with Crippen molar-refractivity contribution in [1.82, 2.24) is 0 Å². The molecule has 0 N–H and O–H groups in total. The van der Waals surface area contributed by atoms with Crippen molar-refractivity contribution in [2.75, 3.05) is 0 Å². The summed E-state index contributed by atoms with van der Waals surface area (Å²) in [5.74, 6) is 0. The molecule has 0 radical (unpaired) electrons. The lowest BCUT2D eigenvalue weighted by molar-refractivity contribution is 1.50. The van der Waals surface area contributed by atoms with Crippen LogP contribution in [0.4, 0.5) is 0 Å². The number of hydrogen-bond donors (Lipinski definition) is 0. The number of rotatable bonds is 1. The van der Waals surface area contributed by atoms with Crippen LogP contribution < -0.4 is 0 Å². The van der Waals surface area contributed by atoms with Gasteiger partial charge in [-0.1, -0.05) is 58.4 Å². The van der Waals surface area contributed by atoms with E-state index in [9.17, 15) is 5.26 Å². The Morgan fingerprint density at radius 1 is 0.789 bits per heavy atom. The van der Waals surface area contributed by atoms with Crippen LogP contribution in [0.2, 0.25) is 0 Å². The molecule has 19 heavy (non-hydrogen) atoms. The first kappa shape index (κ1) is 12.0. The largest absolute Gasteiger partial charge is 0.192 e. The van der Waals surface area contributed by atoms with E-state index in [0.717, 1.165) is 32.3 Å². The Morgan fingerprint density at radius 2 is 1.53 bits per heavy atom. The Hall–Kier alpha value is -2.11. The summed E-state index contributed by atoms with van der Waals surface area (Å²) in [5.41, 5.74) is 4.91. The van der Waals surface area contributed by atoms with E-state index in [4.69, 9.17) is 0 Å². The molecule has 0 atom stereocenters. The SMILES string of the molecule is N#Cc1c2cccccc-2cc1-c1ccc(Br)cc1. The molecule has 0 spiro atoms. The van der Waals surface area contributed by atoms with Crippen LogP contribution in [0.25, 0.3) is 22.3 Å². The van der Waals surface area contributed by atoms with Crippen LogP contribution in [0.5, 0.6) is 0 Å². The van der Waals surface area contributed by atoms with Crippen LogP contribution in [0, 0.1) is 11.3 Å². The molecular formula is C17H10BrN. The van der Waals surface area contributed by atoms with Crippen molar-refractivity contribution in [1.29, 1.82) is 5.26 Å². The molecular weight excluding hydrogens is 298 g/mol. The zero-order chi connectivity index (χ0) is 13.2. The lowest BCUT2D eigenvalue weighted by Crippen LogP contribution is -1.79. The fraction of sp³-hybridized carbons (Fsp3) is 0. The first-order valence-corrected chi connectivity index (χ1v) is 6.76. The summed E-state index contributed by atoms with van der Waals surface area (Å²) in [6, 6.07) is 22.4. The molecule has 3 rings (SSSR count). The quantitative estimate of drug-likeness (QED) is 0.614. The predicted octanol–water partition coefficient (Wildman–Crippen LogP) is 5.09. The standard InChI is InChI=1S/C17H10BrN/c18-14-8-6-12(7-9-14)16-10-13-4-2-1-3-5-15(13)17(16)11-19/h1-10H. The van der Waals surface area contributed by atoms with Crippen LogP contribution >= 0.6 is 15.9 Å². The molecule has 2 aliphatic carbocycles. The molecule has 90 valence electrons. The van der Waals surface area contributed by atoms with Crippen molar-refractivity contribution in [2.24, 2.45) is 0 Å². The average Bonchev–Trinajstić information content (AvgIpc) is 2.61. The fourth-order valence-corrected chi connectivity index (χ4v) is 2.53. The third kappa shape index (κ3) is 2.14. The normalized spacial score (nSPS) is 10.3. The summed E-state index contributed by atoms with van der Waals surface area (Å²) >= 11 is 3.43. The molecule has 0 saturated carbocycles. The summed E-state index contributed by atoms with van der Waals surface area (Å²) in [6.45, 7) is 0. The van der Waals surface area contributed by atoms with Gasteiger partial charge in [0, 0.05) is 15.6 Å². The zero-order valence-corrected chi connectivity index (χ0v) is 11.7. The van der Waals surface area contributed by atoms with Crippen LogP contribution in [0.3, 0.4) is 0 Å². The molecule has 0 aliphatic heterocycles. The minimum absolute atomic E-state index is 0.744. The minimum Gasteiger partial charge on any atom is -0.192 e. The Kier molecular flexibility index (Phi) is 3.06. The molecule has 0 aromatic heterocycles. The van der Waals surface area contributed by atoms with Gasteiger partial charge in [-0.25, -0.2) is 0 Å². The molecule has 0 unspecified atom stereocenters. The Bertz CT molecular complexity index is 738. The molecule has 2 aliphatic rings. The van der Waals surface area contributed by atoms with E-state index in [1.165, 1.54) is 0 Å². The Morgan fingerprint density at radius 3 is 2.26 bits per heavy atom. The summed E-state index contributed by atoms with van der Waals surface area (Å²) in [4.78, 5) is 0. The Balaban J connectivity index is 2.28. The predicted molar refractivity (Wildman–Crippen MR) is 80.9 cm³/mol. The number of nitrogens with zero attached hydrogens (tertiary/aromatic N) is 1. The van der Waals surface area contributed by atoms with Crippen LogP contribution in [0.15, 0.2) is 65.1 Å². The average molecular weight is 308 g/mol. The van der Waals surface area contributed by atoms with E-state index in [-0.39, 0.29) is 0 Å². The molecule has 0 amide bonds. The number of benzene rings is 1. The highest BCUT2D eigenvalue weighted by atomic mass is 79.9. The molecule has 0 saturated heterocycles. The summed E-state index contributed by atoms with van der Waals surface area (Å²) in [7, 11) is 0. The molecule has 2 heteroatoms. The maximum Gasteiger partial charge on any atom is 0.100 e. The Labute approximate surface area is 120 Å². The van der Waals surface area contributed by atoms with E-state index < -0.39 is 0 Å². The van der Waals surface area contributed by atoms with E-state index in [2.05, 4.69) is 28.1 Å². The third-order valence-electron chi connectivity index (χ3n) is 3.18. The van der Waals surface area contributed by atoms with Gasteiger partial charge < -0.3 is 0 Å². The summed E-state index contributed by atoms with van der Waals surface area (Å²) in [6.07, 6.45) is 0. The van der Waals surface area contributed by atoms with Gasteiger partial charge in [0.25, 0.3) is 0 Å². The van der Waals surface area contributed by atoms with Crippen molar-refractivity contribution < 1.29 is 0 Å². The van der Waals surface area contributed by atoms with Gasteiger partial charge in [0.15, 0.2) is 0 Å². The number of hydrogen-bond acceptors (Lipinski definition) is 1.